The number of nitrogens with one attached hydrogen (secondary N) is 1. The highest BCUT2D eigenvalue weighted by molar-refractivity contribution is 6.00. The van der Waals surface area contributed by atoms with Gasteiger partial charge in [0.15, 0.2) is 0 Å². The van der Waals surface area contributed by atoms with Gasteiger partial charge in [0, 0.05) is 11.7 Å². The Bertz CT molecular complexity index is 552. The van der Waals surface area contributed by atoms with E-state index in [2.05, 4.69) is 4.98 Å². The first-order valence-corrected chi connectivity index (χ1v) is 6.89. The zero-order valence-corrected chi connectivity index (χ0v) is 12.1. The van der Waals surface area contributed by atoms with Crippen LogP contribution in [0.25, 0.3) is 0 Å². The number of aryl methyl sites for hydroxylation is 2. The van der Waals surface area contributed by atoms with Crippen LogP contribution >= 0.6 is 0 Å². The molecular formula is C14H19F3N4. The minimum Gasteiger partial charge on any atom is -0.384 e. The van der Waals surface area contributed by atoms with Crippen LogP contribution < -0.4 is 10.6 Å². The lowest BCUT2D eigenvalue weighted by Gasteiger charge is -2.30. The highest BCUT2D eigenvalue weighted by atomic mass is 19.4. The number of alkyl halides is 3. The second-order valence-corrected chi connectivity index (χ2v) is 5.57. The van der Waals surface area contributed by atoms with Gasteiger partial charge in [-0.05, 0) is 44.7 Å². The molecule has 0 fully saturated rings. The number of rotatable bonds is 4. The summed E-state index contributed by atoms with van der Waals surface area (Å²) in [5, 5.41) is 7.63. The Morgan fingerprint density at radius 2 is 2.10 bits per heavy atom. The SMILES string of the molecule is CC(C)N(CC(F)(F)F)c1nc2c(cc1C(=N)N)CCC2. The van der Waals surface area contributed by atoms with Gasteiger partial charge in [0.05, 0.1) is 5.56 Å². The van der Waals surface area contributed by atoms with Gasteiger partial charge in [-0.3, -0.25) is 5.41 Å². The first-order valence-electron chi connectivity index (χ1n) is 6.89. The van der Waals surface area contributed by atoms with Gasteiger partial charge in [-0.1, -0.05) is 0 Å². The second kappa shape index (κ2) is 5.54. The van der Waals surface area contributed by atoms with E-state index in [9.17, 15) is 13.2 Å². The maximum atomic E-state index is 12.8. The van der Waals surface area contributed by atoms with Crippen LogP contribution in [0.5, 0.6) is 0 Å². The number of nitrogens with two attached hydrogens (primary N) is 1. The molecule has 1 aliphatic rings. The molecule has 1 aromatic heterocycles. The summed E-state index contributed by atoms with van der Waals surface area (Å²) in [7, 11) is 0. The molecule has 2 rings (SSSR count). The molecular weight excluding hydrogens is 281 g/mol. The molecule has 0 aromatic carbocycles. The van der Waals surface area contributed by atoms with Crippen molar-refractivity contribution in [1.29, 1.82) is 5.41 Å². The molecule has 116 valence electrons. The van der Waals surface area contributed by atoms with Crippen molar-refractivity contribution in [3.05, 3.63) is 22.9 Å². The predicted molar refractivity (Wildman–Crippen MR) is 75.8 cm³/mol. The van der Waals surface area contributed by atoms with Crippen molar-refractivity contribution < 1.29 is 13.2 Å². The average Bonchev–Trinajstić information content (AvgIpc) is 2.80. The van der Waals surface area contributed by atoms with Crippen LogP contribution in [0.2, 0.25) is 0 Å². The fraction of sp³-hybridized carbons (Fsp3) is 0.571. The molecule has 0 radical (unpaired) electrons. The quantitative estimate of drug-likeness (QED) is 0.663. The molecule has 0 unspecified atom stereocenters. The summed E-state index contributed by atoms with van der Waals surface area (Å²) in [6.07, 6.45) is -1.80. The van der Waals surface area contributed by atoms with Crippen molar-refractivity contribution >= 4 is 11.7 Å². The third kappa shape index (κ3) is 3.46. The van der Waals surface area contributed by atoms with Gasteiger partial charge < -0.3 is 10.6 Å². The molecule has 0 atom stereocenters. The maximum Gasteiger partial charge on any atom is 0.405 e. The summed E-state index contributed by atoms with van der Waals surface area (Å²) in [6.45, 7) is 2.24. The standard InChI is InChI=1S/C14H19F3N4/c1-8(2)21(7-14(15,16)17)13-10(12(18)19)6-9-4-3-5-11(9)20-13/h6,8H,3-5,7H2,1-2H3,(H3,18,19). The molecule has 0 aliphatic heterocycles. The fourth-order valence-electron chi connectivity index (χ4n) is 2.57. The molecule has 1 heterocycles. The van der Waals surface area contributed by atoms with E-state index in [1.54, 1.807) is 19.9 Å². The van der Waals surface area contributed by atoms with Gasteiger partial charge in [-0.2, -0.15) is 13.2 Å². The molecule has 0 spiro atoms. The van der Waals surface area contributed by atoms with E-state index >= 15 is 0 Å². The topological polar surface area (TPSA) is 66.0 Å². The second-order valence-electron chi connectivity index (χ2n) is 5.57. The van der Waals surface area contributed by atoms with Crippen molar-refractivity contribution in [2.24, 2.45) is 5.73 Å². The molecule has 7 heteroatoms. The summed E-state index contributed by atoms with van der Waals surface area (Å²) >= 11 is 0. The monoisotopic (exact) mass is 300 g/mol. The molecule has 0 amide bonds. The van der Waals surface area contributed by atoms with Gasteiger partial charge in [0.25, 0.3) is 0 Å². The van der Waals surface area contributed by atoms with E-state index in [1.165, 1.54) is 0 Å². The number of fused-ring (bicyclic) bond motifs is 1. The first-order chi connectivity index (χ1) is 9.69. The zero-order chi connectivity index (χ0) is 15.8. The van der Waals surface area contributed by atoms with Gasteiger partial charge >= 0.3 is 6.18 Å². The van der Waals surface area contributed by atoms with Crippen molar-refractivity contribution in [3.63, 3.8) is 0 Å². The van der Waals surface area contributed by atoms with Crippen LogP contribution in [0.15, 0.2) is 6.07 Å². The predicted octanol–water partition coefficient (Wildman–Crippen LogP) is 2.63. The average molecular weight is 300 g/mol. The third-order valence-electron chi connectivity index (χ3n) is 3.57. The number of hydrogen-bond donors (Lipinski definition) is 2. The Kier molecular flexibility index (Phi) is 4.11. The summed E-state index contributed by atoms with van der Waals surface area (Å²) in [5.41, 5.74) is 7.64. The van der Waals surface area contributed by atoms with Crippen molar-refractivity contribution in [3.8, 4) is 0 Å². The van der Waals surface area contributed by atoms with E-state index in [-0.39, 0.29) is 17.2 Å². The molecule has 1 aliphatic carbocycles. The van der Waals surface area contributed by atoms with Gasteiger partial charge in [0.2, 0.25) is 0 Å². The lowest BCUT2D eigenvalue weighted by Crippen LogP contribution is -2.41. The number of pyridine rings is 1. The normalized spacial score (nSPS) is 14.4. The van der Waals surface area contributed by atoms with E-state index in [0.717, 1.165) is 35.4 Å². The number of nitrogen functional groups attached to an aromatic ring is 1. The number of hydrogen-bond acceptors (Lipinski definition) is 3. The van der Waals surface area contributed by atoms with Crippen molar-refractivity contribution in [1.82, 2.24) is 4.98 Å². The van der Waals surface area contributed by atoms with Gasteiger partial charge in [-0.15, -0.1) is 0 Å². The Balaban J connectivity index is 2.50. The van der Waals surface area contributed by atoms with Gasteiger partial charge in [-0.25, -0.2) is 4.98 Å². The zero-order valence-electron chi connectivity index (χ0n) is 12.1. The number of anilines is 1. The smallest absolute Gasteiger partial charge is 0.384 e. The summed E-state index contributed by atoms with van der Waals surface area (Å²) in [6, 6.07) is 1.33. The largest absolute Gasteiger partial charge is 0.405 e. The minimum absolute atomic E-state index is 0.162. The van der Waals surface area contributed by atoms with Crippen LogP contribution in [0.4, 0.5) is 19.0 Å². The Hall–Kier alpha value is -1.79. The number of halogens is 3. The van der Waals surface area contributed by atoms with E-state index in [0.29, 0.717) is 0 Å². The highest BCUT2D eigenvalue weighted by Crippen LogP contribution is 2.30. The summed E-state index contributed by atoms with van der Waals surface area (Å²) < 4.78 is 38.4. The van der Waals surface area contributed by atoms with Crippen LogP contribution in [-0.4, -0.2) is 29.6 Å². The summed E-state index contributed by atoms with van der Waals surface area (Å²) in [4.78, 5) is 5.55. The number of amidine groups is 1. The molecule has 0 saturated carbocycles. The molecule has 4 nitrogen and oxygen atoms in total. The molecule has 0 saturated heterocycles. The van der Waals surface area contributed by atoms with Crippen LogP contribution in [-0.2, 0) is 12.8 Å². The maximum absolute atomic E-state index is 12.8. The van der Waals surface area contributed by atoms with Crippen LogP contribution in [0, 0.1) is 5.41 Å². The number of aromatic nitrogens is 1. The Labute approximate surface area is 121 Å². The van der Waals surface area contributed by atoms with Gasteiger partial charge in [0.1, 0.15) is 18.2 Å². The Morgan fingerprint density at radius 3 is 2.62 bits per heavy atom. The highest BCUT2D eigenvalue weighted by Gasteiger charge is 2.34. The van der Waals surface area contributed by atoms with E-state index in [1.807, 2.05) is 0 Å². The van der Waals surface area contributed by atoms with Crippen LogP contribution in [0.1, 0.15) is 37.1 Å². The molecule has 3 N–H and O–H groups in total. The number of nitrogens with zero attached hydrogens (tertiary/aromatic N) is 2. The molecule has 0 bridgehead atoms. The van der Waals surface area contributed by atoms with Crippen molar-refractivity contribution in [2.75, 3.05) is 11.4 Å². The minimum atomic E-state index is -4.33. The first kappa shape index (κ1) is 15.6. The van der Waals surface area contributed by atoms with E-state index in [4.69, 9.17) is 11.1 Å². The van der Waals surface area contributed by atoms with E-state index < -0.39 is 18.8 Å². The molecule has 1 aromatic rings. The third-order valence-corrected chi connectivity index (χ3v) is 3.57. The van der Waals surface area contributed by atoms with Crippen molar-refractivity contribution in [2.45, 2.75) is 45.3 Å². The Morgan fingerprint density at radius 1 is 1.43 bits per heavy atom. The lowest BCUT2D eigenvalue weighted by molar-refractivity contribution is -0.120. The van der Waals surface area contributed by atoms with Crippen LogP contribution in [0.3, 0.4) is 0 Å². The summed E-state index contributed by atoms with van der Waals surface area (Å²) in [5.74, 6) is -0.0875. The molecule has 21 heavy (non-hydrogen) atoms. The fourth-order valence-corrected chi connectivity index (χ4v) is 2.57. The lowest BCUT2D eigenvalue weighted by atomic mass is 10.1.